The summed E-state index contributed by atoms with van der Waals surface area (Å²) in [6.07, 6.45) is 12.1. The van der Waals surface area contributed by atoms with Crippen molar-refractivity contribution in [1.29, 1.82) is 0 Å². The van der Waals surface area contributed by atoms with Gasteiger partial charge in [0.15, 0.2) is 5.78 Å². The molecule has 0 aromatic rings. The molecule has 112 valence electrons. The van der Waals surface area contributed by atoms with Crippen molar-refractivity contribution >= 4 is 11.6 Å². The van der Waals surface area contributed by atoms with Crippen molar-refractivity contribution in [3.05, 3.63) is 23.8 Å². The largest absolute Gasteiger partial charge is 0.299 e. The second-order valence-electron chi connectivity index (χ2n) is 8.02. The maximum atomic E-state index is 12.3. The number of rotatable bonds is 0. The van der Waals surface area contributed by atoms with E-state index >= 15 is 0 Å². The van der Waals surface area contributed by atoms with Crippen LogP contribution in [0.3, 0.4) is 0 Å². The fraction of sp³-hybridized carbons (Fsp3) is 0.684. The van der Waals surface area contributed by atoms with Gasteiger partial charge in [0.25, 0.3) is 0 Å². The van der Waals surface area contributed by atoms with Gasteiger partial charge in [0.05, 0.1) is 0 Å². The molecule has 0 N–H and O–H groups in total. The molecule has 0 aromatic heterocycles. The predicted octanol–water partition coefficient (Wildman–Crippen LogP) is 3.86. The number of allylic oxidation sites excluding steroid dienone is 4. The van der Waals surface area contributed by atoms with E-state index in [2.05, 4.69) is 19.9 Å². The van der Waals surface area contributed by atoms with Crippen molar-refractivity contribution in [2.24, 2.45) is 28.6 Å². The zero-order chi connectivity index (χ0) is 14.8. The average Bonchev–Trinajstić information content (AvgIpc) is 2.76. The van der Waals surface area contributed by atoms with Crippen molar-refractivity contribution < 1.29 is 9.59 Å². The maximum Gasteiger partial charge on any atom is 0.178 e. The lowest BCUT2D eigenvalue weighted by Crippen LogP contribution is -2.49. The summed E-state index contributed by atoms with van der Waals surface area (Å²) in [4.78, 5) is 24.0. The monoisotopic (exact) mass is 284 g/mol. The number of Topliss-reactive ketones (excluding diaryl/α,β-unsaturated/α-hetero) is 1. The quantitative estimate of drug-likeness (QED) is 0.677. The SMILES string of the molecule is C[C@]12C=CC(=O)C=C1CC[C@@H]1[C@H]2CC[C@@]2(C)C(=O)CC[C@@H]12. The summed E-state index contributed by atoms with van der Waals surface area (Å²) >= 11 is 0. The molecule has 4 aliphatic carbocycles. The summed E-state index contributed by atoms with van der Waals surface area (Å²) in [5, 5.41) is 0. The fourth-order valence-electron chi connectivity index (χ4n) is 5.97. The van der Waals surface area contributed by atoms with E-state index in [0.717, 1.165) is 32.1 Å². The standard InChI is InChI=1S/C19H24O2/c1-18-9-7-13(20)11-12(18)3-4-14-15-5-6-17(21)19(15,2)10-8-16(14)18/h7,9,11,14-16H,3-6,8,10H2,1-2H3/t14-,15-,16+,18-,19+/m0/s1. The lowest BCUT2D eigenvalue weighted by atomic mass is 9.48. The van der Waals surface area contributed by atoms with Crippen molar-refractivity contribution in [3.8, 4) is 0 Å². The van der Waals surface area contributed by atoms with E-state index in [0.29, 0.717) is 23.5 Å². The molecule has 0 heterocycles. The van der Waals surface area contributed by atoms with E-state index in [4.69, 9.17) is 0 Å². The third-order valence-corrected chi connectivity index (χ3v) is 7.27. The molecule has 3 fully saturated rings. The lowest BCUT2D eigenvalue weighted by Gasteiger charge is -2.55. The number of carbonyl (C=O) groups is 2. The Bertz CT molecular complexity index is 584. The Labute approximate surface area is 126 Å². The number of hydrogen-bond donors (Lipinski definition) is 0. The van der Waals surface area contributed by atoms with Gasteiger partial charge in [-0.25, -0.2) is 0 Å². The van der Waals surface area contributed by atoms with E-state index < -0.39 is 0 Å². The minimum atomic E-state index is -0.0487. The minimum absolute atomic E-state index is 0.0487. The molecule has 0 aromatic carbocycles. The van der Waals surface area contributed by atoms with Crippen LogP contribution >= 0.6 is 0 Å². The van der Waals surface area contributed by atoms with Gasteiger partial charge in [0.1, 0.15) is 5.78 Å². The topological polar surface area (TPSA) is 34.1 Å². The van der Waals surface area contributed by atoms with Crippen molar-refractivity contribution in [3.63, 3.8) is 0 Å². The first kappa shape index (κ1) is 13.5. The molecule has 4 rings (SSSR count). The highest BCUT2D eigenvalue weighted by molar-refractivity contribution is 6.01. The third-order valence-electron chi connectivity index (χ3n) is 7.27. The van der Waals surface area contributed by atoms with Crippen molar-refractivity contribution in [2.45, 2.75) is 52.4 Å². The Balaban J connectivity index is 1.72. The summed E-state index contributed by atoms with van der Waals surface area (Å²) < 4.78 is 0. The summed E-state index contributed by atoms with van der Waals surface area (Å²) in [6, 6.07) is 0. The average molecular weight is 284 g/mol. The second kappa shape index (κ2) is 4.18. The Hall–Kier alpha value is -1.18. The molecular weight excluding hydrogens is 260 g/mol. The molecule has 5 atom stereocenters. The Kier molecular flexibility index (Phi) is 2.68. The summed E-state index contributed by atoms with van der Waals surface area (Å²) in [7, 11) is 0. The second-order valence-corrected chi connectivity index (χ2v) is 8.02. The van der Waals surface area contributed by atoms with Crippen LogP contribution in [0, 0.1) is 28.6 Å². The third kappa shape index (κ3) is 1.65. The highest BCUT2D eigenvalue weighted by Crippen LogP contribution is 2.63. The maximum absolute atomic E-state index is 12.3. The first-order chi connectivity index (χ1) is 9.95. The first-order valence-electron chi connectivity index (χ1n) is 8.43. The number of ketones is 2. The van der Waals surface area contributed by atoms with Crippen molar-refractivity contribution in [2.75, 3.05) is 0 Å². The number of hydrogen-bond acceptors (Lipinski definition) is 2. The van der Waals surface area contributed by atoms with Crippen LogP contribution in [0.5, 0.6) is 0 Å². The molecule has 0 spiro atoms. The molecule has 2 heteroatoms. The first-order valence-corrected chi connectivity index (χ1v) is 8.43. The molecule has 2 nitrogen and oxygen atoms in total. The van der Waals surface area contributed by atoms with E-state index in [1.165, 1.54) is 12.0 Å². The van der Waals surface area contributed by atoms with Gasteiger partial charge in [0, 0.05) is 17.3 Å². The van der Waals surface area contributed by atoms with Gasteiger partial charge in [-0.05, 0) is 62.0 Å². The van der Waals surface area contributed by atoms with Crippen LogP contribution in [0.15, 0.2) is 23.8 Å². The Morgan fingerprint density at radius 3 is 2.67 bits per heavy atom. The molecule has 0 unspecified atom stereocenters. The number of fused-ring (bicyclic) bond motifs is 5. The van der Waals surface area contributed by atoms with E-state index in [-0.39, 0.29) is 16.6 Å². The van der Waals surface area contributed by atoms with Gasteiger partial charge < -0.3 is 0 Å². The van der Waals surface area contributed by atoms with Gasteiger partial charge >= 0.3 is 0 Å². The van der Waals surface area contributed by atoms with Crippen LogP contribution in [0.25, 0.3) is 0 Å². The minimum Gasteiger partial charge on any atom is -0.299 e. The fourth-order valence-corrected chi connectivity index (χ4v) is 5.97. The summed E-state index contributed by atoms with van der Waals surface area (Å²) in [6.45, 7) is 4.54. The molecule has 0 aliphatic heterocycles. The summed E-state index contributed by atoms with van der Waals surface area (Å²) in [5.41, 5.74) is 1.35. The van der Waals surface area contributed by atoms with Crippen molar-refractivity contribution in [1.82, 2.24) is 0 Å². The van der Waals surface area contributed by atoms with Crippen LogP contribution in [0.1, 0.15) is 52.4 Å². The molecule has 0 radical (unpaired) electrons. The molecular formula is C19H24O2. The van der Waals surface area contributed by atoms with Gasteiger partial charge in [0.2, 0.25) is 0 Å². The van der Waals surface area contributed by atoms with Crippen LogP contribution < -0.4 is 0 Å². The summed E-state index contributed by atoms with van der Waals surface area (Å²) in [5.74, 6) is 2.51. The highest BCUT2D eigenvalue weighted by atomic mass is 16.1. The number of carbonyl (C=O) groups excluding carboxylic acids is 2. The smallest absolute Gasteiger partial charge is 0.178 e. The van der Waals surface area contributed by atoms with Gasteiger partial charge in [-0.1, -0.05) is 25.5 Å². The van der Waals surface area contributed by atoms with Gasteiger partial charge in [-0.3, -0.25) is 9.59 Å². The zero-order valence-corrected chi connectivity index (χ0v) is 13.0. The zero-order valence-electron chi connectivity index (χ0n) is 13.0. The van der Waals surface area contributed by atoms with Crippen LogP contribution in [0.4, 0.5) is 0 Å². The van der Waals surface area contributed by atoms with E-state index in [1.807, 2.05) is 6.08 Å². The molecule has 0 bridgehead atoms. The Morgan fingerprint density at radius 2 is 1.86 bits per heavy atom. The van der Waals surface area contributed by atoms with Crippen LogP contribution in [-0.4, -0.2) is 11.6 Å². The molecule has 0 saturated heterocycles. The molecule has 3 saturated carbocycles. The normalized spacial score (nSPS) is 48.5. The molecule has 0 amide bonds. The lowest BCUT2D eigenvalue weighted by molar-refractivity contribution is -0.131. The van der Waals surface area contributed by atoms with Gasteiger partial charge in [-0.2, -0.15) is 0 Å². The van der Waals surface area contributed by atoms with E-state index in [1.54, 1.807) is 6.08 Å². The molecule has 4 aliphatic rings. The van der Waals surface area contributed by atoms with Gasteiger partial charge in [-0.15, -0.1) is 0 Å². The van der Waals surface area contributed by atoms with E-state index in [9.17, 15) is 9.59 Å². The highest BCUT2D eigenvalue weighted by Gasteiger charge is 2.58. The Morgan fingerprint density at radius 1 is 1.05 bits per heavy atom. The predicted molar refractivity (Wildman–Crippen MR) is 81.6 cm³/mol. The molecule has 21 heavy (non-hydrogen) atoms. The van der Waals surface area contributed by atoms with Crippen LogP contribution in [0.2, 0.25) is 0 Å². The van der Waals surface area contributed by atoms with Crippen LogP contribution in [-0.2, 0) is 9.59 Å².